The lowest BCUT2D eigenvalue weighted by Gasteiger charge is -2.21. The number of esters is 1. The zero-order chi connectivity index (χ0) is 18.9. The van der Waals surface area contributed by atoms with Gasteiger partial charge in [0.05, 0.1) is 19.0 Å². The minimum absolute atomic E-state index is 0.0551. The number of hydrogen-bond donors (Lipinski definition) is 0. The number of methoxy groups -OCH3 is 1. The van der Waals surface area contributed by atoms with Gasteiger partial charge in [-0.15, -0.1) is 11.8 Å². The summed E-state index contributed by atoms with van der Waals surface area (Å²) in [7, 11) is 1.67. The lowest BCUT2D eigenvalue weighted by Crippen LogP contribution is -2.28. The molecule has 1 unspecified atom stereocenters. The molecular weight excluding hydrogens is 340 g/mol. The molecule has 1 rings (SSSR count). The molecule has 0 spiro atoms. The van der Waals surface area contributed by atoms with E-state index in [-0.39, 0.29) is 25.1 Å². The average molecular weight is 373 g/mol. The van der Waals surface area contributed by atoms with Gasteiger partial charge in [0.15, 0.2) is 6.79 Å². The lowest BCUT2D eigenvalue weighted by molar-refractivity contribution is -0.211. The van der Waals surface area contributed by atoms with Crippen LogP contribution in [0, 0.1) is 5.92 Å². The number of carbonyl (C=O) groups excluding carboxylic acids is 1. The summed E-state index contributed by atoms with van der Waals surface area (Å²) in [5.41, 5.74) is 0.922. The Morgan fingerprint density at radius 2 is 1.84 bits per heavy atom. The summed E-state index contributed by atoms with van der Waals surface area (Å²) in [6.45, 7) is 8.67. The molecule has 0 aliphatic heterocycles. The van der Waals surface area contributed by atoms with Crippen molar-refractivity contribution in [3.8, 4) is 0 Å². The van der Waals surface area contributed by atoms with E-state index >= 15 is 0 Å². The molecule has 0 heterocycles. The monoisotopic (exact) mass is 372 g/mol. The first-order valence-electron chi connectivity index (χ1n) is 8.63. The van der Waals surface area contributed by atoms with Gasteiger partial charge in [-0.25, -0.2) is 0 Å². The standard InChI is InChI=1S/C17H26O5S.C2H6/c1-14(2)17(21-12-20-13-23-10-9-19-3)22-16(18)11-15-7-5-4-6-8-15;1-2/h4-8,14,17H,9-13H2,1-3H3;1-2H3. The Balaban J connectivity index is 0.00000277. The van der Waals surface area contributed by atoms with Crippen molar-refractivity contribution < 1.29 is 23.7 Å². The smallest absolute Gasteiger partial charge is 0.312 e. The number of hydrogen-bond acceptors (Lipinski definition) is 6. The molecule has 1 aromatic rings. The maximum Gasteiger partial charge on any atom is 0.312 e. The van der Waals surface area contributed by atoms with Gasteiger partial charge in [-0.3, -0.25) is 4.79 Å². The Bertz CT molecular complexity index is 425. The van der Waals surface area contributed by atoms with E-state index in [0.29, 0.717) is 12.5 Å². The van der Waals surface area contributed by atoms with Gasteiger partial charge in [0.25, 0.3) is 0 Å². The highest BCUT2D eigenvalue weighted by molar-refractivity contribution is 7.99. The van der Waals surface area contributed by atoms with E-state index in [1.807, 2.05) is 58.0 Å². The van der Waals surface area contributed by atoms with Gasteiger partial charge in [0.1, 0.15) is 0 Å². The zero-order valence-corrected chi connectivity index (χ0v) is 16.8. The summed E-state index contributed by atoms with van der Waals surface area (Å²) in [6, 6.07) is 9.50. The maximum atomic E-state index is 12.0. The Kier molecular flexibility index (Phi) is 15.7. The third-order valence-corrected chi connectivity index (χ3v) is 3.69. The van der Waals surface area contributed by atoms with Crippen LogP contribution in [-0.4, -0.2) is 44.5 Å². The lowest BCUT2D eigenvalue weighted by atomic mass is 10.1. The van der Waals surface area contributed by atoms with E-state index < -0.39 is 6.29 Å². The first-order valence-corrected chi connectivity index (χ1v) is 9.78. The topological polar surface area (TPSA) is 54.0 Å². The van der Waals surface area contributed by atoms with Gasteiger partial charge in [-0.05, 0) is 5.56 Å². The van der Waals surface area contributed by atoms with Crippen LogP contribution in [0.3, 0.4) is 0 Å². The Morgan fingerprint density at radius 1 is 1.16 bits per heavy atom. The summed E-state index contributed by atoms with van der Waals surface area (Å²) >= 11 is 1.62. The van der Waals surface area contributed by atoms with Crippen LogP contribution >= 0.6 is 11.8 Å². The number of thioether (sulfide) groups is 1. The van der Waals surface area contributed by atoms with E-state index in [0.717, 1.165) is 11.3 Å². The van der Waals surface area contributed by atoms with Crippen LogP contribution < -0.4 is 0 Å². The Hall–Kier alpha value is -1.08. The summed E-state index contributed by atoms with van der Waals surface area (Å²) in [5, 5.41) is 0. The molecule has 0 fully saturated rings. The molecule has 0 aromatic heterocycles. The van der Waals surface area contributed by atoms with Crippen molar-refractivity contribution in [3.63, 3.8) is 0 Å². The normalized spacial score (nSPS) is 11.6. The van der Waals surface area contributed by atoms with Crippen LogP contribution in [0.5, 0.6) is 0 Å². The fourth-order valence-corrected chi connectivity index (χ4v) is 2.29. The van der Waals surface area contributed by atoms with Gasteiger partial charge in [0.2, 0.25) is 6.29 Å². The fraction of sp³-hybridized carbons (Fsp3) is 0.632. The molecule has 0 radical (unpaired) electrons. The van der Waals surface area contributed by atoms with Gasteiger partial charge in [0, 0.05) is 18.8 Å². The van der Waals surface area contributed by atoms with Gasteiger partial charge in [-0.1, -0.05) is 58.0 Å². The molecule has 0 saturated carbocycles. The highest BCUT2D eigenvalue weighted by atomic mass is 32.2. The molecule has 6 heteroatoms. The van der Waals surface area contributed by atoms with E-state index in [1.54, 1.807) is 18.9 Å². The van der Waals surface area contributed by atoms with Crippen molar-refractivity contribution in [2.45, 2.75) is 40.4 Å². The van der Waals surface area contributed by atoms with Gasteiger partial charge < -0.3 is 18.9 Å². The third-order valence-electron chi connectivity index (χ3n) is 2.90. The summed E-state index contributed by atoms with van der Waals surface area (Å²) in [4.78, 5) is 12.0. The first-order chi connectivity index (χ1) is 12.1. The Morgan fingerprint density at radius 3 is 2.44 bits per heavy atom. The molecule has 25 heavy (non-hydrogen) atoms. The van der Waals surface area contributed by atoms with Crippen molar-refractivity contribution in [1.29, 1.82) is 0 Å². The predicted molar refractivity (Wildman–Crippen MR) is 102 cm³/mol. The molecule has 1 atom stereocenters. The van der Waals surface area contributed by atoms with E-state index in [4.69, 9.17) is 18.9 Å². The van der Waals surface area contributed by atoms with Gasteiger partial charge >= 0.3 is 5.97 Å². The summed E-state index contributed by atoms with van der Waals surface area (Å²) < 4.78 is 21.2. The van der Waals surface area contributed by atoms with E-state index in [9.17, 15) is 4.79 Å². The molecule has 1 aromatic carbocycles. The average Bonchev–Trinajstić information content (AvgIpc) is 2.62. The van der Waals surface area contributed by atoms with Crippen LogP contribution in [0.2, 0.25) is 0 Å². The molecule has 5 nitrogen and oxygen atoms in total. The molecule has 0 saturated heterocycles. The second kappa shape index (κ2) is 16.4. The fourth-order valence-electron chi connectivity index (χ4n) is 1.71. The molecule has 144 valence electrons. The first kappa shape index (κ1) is 23.9. The van der Waals surface area contributed by atoms with E-state index in [2.05, 4.69) is 0 Å². The quantitative estimate of drug-likeness (QED) is 0.313. The van der Waals surface area contributed by atoms with Crippen molar-refractivity contribution >= 4 is 17.7 Å². The second-order valence-electron chi connectivity index (χ2n) is 5.27. The highest BCUT2D eigenvalue weighted by Gasteiger charge is 2.19. The zero-order valence-electron chi connectivity index (χ0n) is 16.0. The number of carbonyl (C=O) groups is 1. The summed E-state index contributed by atoms with van der Waals surface area (Å²) in [5.74, 6) is 1.14. The molecule has 0 amide bonds. The van der Waals surface area contributed by atoms with E-state index in [1.165, 1.54) is 0 Å². The Labute approximate surface area is 156 Å². The SMILES string of the molecule is CC.COCCSCOCOC(OC(=O)Cc1ccccc1)C(C)C. The summed E-state index contributed by atoms with van der Waals surface area (Å²) in [6.07, 6.45) is -0.364. The second-order valence-corrected chi connectivity index (χ2v) is 6.32. The predicted octanol–water partition coefficient (Wildman–Crippen LogP) is 4.11. The highest BCUT2D eigenvalue weighted by Crippen LogP contribution is 2.11. The molecule has 0 N–H and O–H groups in total. The minimum Gasteiger partial charge on any atom is -0.435 e. The molecule has 0 bridgehead atoms. The van der Waals surface area contributed by atoms with Crippen LogP contribution in [0.1, 0.15) is 33.3 Å². The number of rotatable bonds is 12. The minimum atomic E-state index is -0.602. The van der Waals surface area contributed by atoms with Crippen LogP contribution in [-0.2, 0) is 30.2 Å². The number of benzene rings is 1. The van der Waals surface area contributed by atoms with Crippen molar-refractivity contribution in [2.24, 2.45) is 5.92 Å². The van der Waals surface area contributed by atoms with Crippen molar-refractivity contribution in [2.75, 3.05) is 32.2 Å². The van der Waals surface area contributed by atoms with Crippen LogP contribution in [0.25, 0.3) is 0 Å². The van der Waals surface area contributed by atoms with Crippen LogP contribution in [0.4, 0.5) is 0 Å². The molecule has 0 aliphatic carbocycles. The maximum absolute atomic E-state index is 12.0. The number of ether oxygens (including phenoxy) is 4. The van der Waals surface area contributed by atoms with Gasteiger partial charge in [-0.2, -0.15) is 0 Å². The largest absolute Gasteiger partial charge is 0.435 e. The molecule has 0 aliphatic rings. The third kappa shape index (κ3) is 12.9. The van der Waals surface area contributed by atoms with Crippen molar-refractivity contribution in [3.05, 3.63) is 35.9 Å². The molecular formula is C19H32O5S. The van der Waals surface area contributed by atoms with Crippen molar-refractivity contribution in [1.82, 2.24) is 0 Å². The van der Waals surface area contributed by atoms with Crippen LogP contribution in [0.15, 0.2) is 30.3 Å².